The molecule has 0 saturated heterocycles. The molecule has 0 spiro atoms. The van der Waals surface area contributed by atoms with E-state index in [2.05, 4.69) is 0 Å². The maximum absolute atomic E-state index is 12.2. The van der Waals surface area contributed by atoms with Gasteiger partial charge in [0, 0.05) is 5.39 Å². The molecule has 0 aliphatic rings. The van der Waals surface area contributed by atoms with Crippen molar-refractivity contribution in [1.82, 2.24) is 0 Å². The molecule has 0 aliphatic heterocycles. The van der Waals surface area contributed by atoms with Gasteiger partial charge in [-0.3, -0.25) is 4.18 Å². The molecule has 0 amide bonds. The largest absolute Gasteiger partial charge is 0.284 e. The highest BCUT2D eigenvalue weighted by atomic mass is 32.2. The summed E-state index contributed by atoms with van der Waals surface area (Å²) in [6, 6.07) is 12.0. The molecule has 0 heterocycles. The fourth-order valence-electron chi connectivity index (χ4n) is 1.80. The summed E-state index contributed by atoms with van der Waals surface area (Å²) in [4.78, 5) is 0.789. The molecular formula is C14H16O2S. The molecule has 0 N–H and O–H groups in total. The summed E-state index contributed by atoms with van der Waals surface area (Å²) in [6.07, 6.45) is -0.0470. The van der Waals surface area contributed by atoms with Crippen LogP contribution in [0.25, 0.3) is 10.8 Å². The Labute approximate surface area is 104 Å². The molecule has 0 radical (unpaired) electrons. The van der Waals surface area contributed by atoms with Crippen LogP contribution in [0.1, 0.15) is 19.4 Å². The highest BCUT2D eigenvalue weighted by Gasteiger charge is 2.13. The van der Waals surface area contributed by atoms with Crippen LogP contribution < -0.4 is 0 Å². The second-order valence-corrected chi connectivity index (χ2v) is 5.38. The second kappa shape index (κ2) is 4.98. The van der Waals surface area contributed by atoms with E-state index in [9.17, 15) is 4.21 Å². The summed E-state index contributed by atoms with van der Waals surface area (Å²) >= 11 is -1.40. The van der Waals surface area contributed by atoms with Crippen LogP contribution in [0.3, 0.4) is 0 Å². The quantitative estimate of drug-likeness (QED) is 0.829. The van der Waals surface area contributed by atoms with Crippen molar-refractivity contribution in [3.8, 4) is 0 Å². The first kappa shape index (κ1) is 12.3. The zero-order chi connectivity index (χ0) is 12.4. The van der Waals surface area contributed by atoms with Gasteiger partial charge < -0.3 is 0 Å². The number of hydrogen-bond acceptors (Lipinski definition) is 2. The average Bonchev–Trinajstić information content (AvgIpc) is 2.27. The van der Waals surface area contributed by atoms with Crippen molar-refractivity contribution in [3.63, 3.8) is 0 Å². The fraction of sp³-hybridized carbons (Fsp3) is 0.286. The van der Waals surface area contributed by atoms with Crippen molar-refractivity contribution in [2.75, 3.05) is 0 Å². The molecule has 0 fully saturated rings. The van der Waals surface area contributed by atoms with Crippen molar-refractivity contribution in [2.45, 2.75) is 31.8 Å². The highest BCUT2D eigenvalue weighted by molar-refractivity contribution is 7.80. The van der Waals surface area contributed by atoms with Gasteiger partial charge in [0.1, 0.15) is 0 Å². The van der Waals surface area contributed by atoms with Gasteiger partial charge >= 0.3 is 0 Å². The van der Waals surface area contributed by atoms with Crippen molar-refractivity contribution in [2.24, 2.45) is 0 Å². The second-order valence-electron chi connectivity index (χ2n) is 4.31. The van der Waals surface area contributed by atoms with Crippen LogP contribution in [0.5, 0.6) is 0 Å². The Hall–Kier alpha value is -1.19. The summed E-state index contributed by atoms with van der Waals surface area (Å²) in [7, 11) is 0. The SMILES string of the molecule is Cc1ccc2ccccc2c1S(=O)OC(C)C. The van der Waals surface area contributed by atoms with E-state index in [0.717, 1.165) is 21.2 Å². The lowest BCUT2D eigenvalue weighted by Crippen LogP contribution is -2.07. The van der Waals surface area contributed by atoms with E-state index >= 15 is 0 Å². The van der Waals surface area contributed by atoms with Gasteiger partial charge in [0.15, 0.2) is 11.1 Å². The molecule has 0 aliphatic carbocycles. The Balaban J connectivity index is 2.58. The third-order valence-electron chi connectivity index (χ3n) is 2.52. The van der Waals surface area contributed by atoms with Gasteiger partial charge in [-0.05, 0) is 31.7 Å². The van der Waals surface area contributed by atoms with E-state index in [4.69, 9.17) is 4.18 Å². The number of benzene rings is 2. The van der Waals surface area contributed by atoms with E-state index < -0.39 is 11.1 Å². The van der Waals surface area contributed by atoms with Gasteiger partial charge in [-0.1, -0.05) is 36.4 Å². The highest BCUT2D eigenvalue weighted by Crippen LogP contribution is 2.26. The standard InChI is InChI=1S/C14H16O2S/c1-10(2)16-17(15)14-11(3)8-9-12-6-4-5-7-13(12)14/h4-10H,1-3H3. The molecule has 2 nitrogen and oxygen atoms in total. The predicted octanol–water partition coefficient (Wildman–Crippen LogP) is 3.60. The molecule has 1 unspecified atom stereocenters. The molecule has 2 aromatic rings. The number of hydrogen-bond donors (Lipinski definition) is 0. The molecule has 17 heavy (non-hydrogen) atoms. The summed E-state index contributed by atoms with van der Waals surface area (Å²) in [5.74, 6) is 0. The zero-order valence-electron chi connectivity index (χ0n) is 10.3. The van der Waals surface area contributed by atoms with Crippen molar-refractivity contribution < 1.29 is 8.39 Å². The lowest BCUT2D eigenvalue weighted by atomic mass is 10.1. The third kappa shape index (κ3) is 2.56. The van der Waals surface area contributed by atoms with Gasteiger partial charge in [-0.2, -0.15) is 0 Å². The van der Waals surface area contributed by atoms with E-state index in [1.54, 1.807) is 0 Å². The van der Waals surface area contributed by atoms with Crippen LogP contribution >= 0.6 is 0 Å². The molecule has 3 heteroatoms. The van der Waals surface area contributed by atoms with Gasteiger partial charge in [-0.15, -0.1) is 0 Å². The predicted molar refractivity (Wildman–Crippen MR) is 71.3 cm³/mol. The summed E-state index contributed by atoms with van der Waals surface area (Å²) < 4.78 is 17.6. The first-order valence-electron chi connectivity index (χ1n) is 5.67. The van der Waals surface area contributed by atoms with Crippen molar-refractivity contribution >= 4 is 21.9 Å². The minimum Gasteiger partial charge on any atom is -0.284 e. The average molecular weight is 248 g/mol. The third-order valence-corrected chi connectivity index (χ3v) is 3.96. The topological polar surface area (TPSA) is 26.3 Å². The lowest BCUT2D eigenvalue weighted by Gasteiger charge is -2.11. The molecular weight excluding hydrogens is 232 g/mol. The Kier molecular flexibility index (Phi) is 3.60. The lowest BCUT2D eigenvalue weighted by molar-refractivity contribution is 0.270. The minimum absolute atomic E-state index is 0.0470. The van der Waals surface area contributed by atoms with Gasteiger partial charge in [0.05, 0.1) is 11.0 Å². The monoisotopic (exact) mass is 248 g/mol. The summed E-state index contributed by atoms with van der Waals surface area (Å²) in [5.41, 5.74) is 1.00. The van der Waals surface area contributed by atoms with E-state index in [1.165, 1.54) is 0 Å². The van der Waals surface area contributed by atoms with Gasteiger partial charge in [0.25, 0.3) is 0 Å². The van der Waals surface area contributed by atoms with E-state index in [-0.39, 0.29) is 6.10 Å². The van der Waals surface area contributed by atoms with Crippen LogP contribution in [0, 0.1) is 6.92 Å². The first-order chi connectivity index (χ1) is 8.09. The Morgan fingerprint density at radius 1 is 1.12 bits per heavy atom. The first-order valence-corrected chi connectivity index (χ1v) is 6.74. The number of rotatable bonds is 3. The molecule has 2 aromatic carbocycles. The zero-order valence-corrected chi connectivity index (χ0v) is 11.1. The Morgan fingerprint density at radius 2 is 1.82 bits per heavy atom. The maximum Gasteiger partial charge on any atom is 0.190 e. The van der Waals surface area contributed by atoms with Crippen LogP contribution in [0.2, 0.25) is 0 Å². The maximum atomic E-state index is 12.2. The van der Waals surface area contributed by atoms with Crippen molar-refractivity contribution in [1.29, 1.82) is 0 Å². The minimum atomic E-state index is -1.40. The Bertz CT molecular complexity index is 561. The fourth-order valence-corrected chi connectivity index (χ4v) is 2.94. The van der Waals surface area contributed by atoms with Gasteiger partial charge in [-0.25, -0.2) is 4.21 Å². The summed E-state index contributed by atoms with van der Waals surface area (Å²) in [5, 5.41) is 2.10. The van der Waals surface area contributed by atoms with Crippen molar-refractivity contribution in [3.05, 3.63) is 42.0 Å². The van der Waals surface area contributed by atoms with Crippen LogP contribution in [0.15, 0.2) is 41.3 Å². The van der Waals surface area contributed by atoms with Gasteiger partial charge in [0.2, 0.25) is 0 Å². The smallest absolute Gasteiger partial charge is 0.190 e. The van der Waals surface area contributed by atoms with Crippen LogP contribution in [0.4, 0.5) is 0 Å². The Morgan fingerprint density at radius 3 is 2.53 bits per heavy atom. The van der Waals surface area contributed by atoms with Crippen LogP contribution in [-0.2, 0) is 15.3 Å². The molecule has 0 bridgehead atoms. The summed E-state index contributed by atoms with van der Waals surface area (Å²) in [6.45, 7) is 5.74. The van der Waals surface area contributed by atoms with E-state index in [1.807, 2.05) is 57.2 Å². The van der Waals surface area contributed by atoms with Crippen LogP contribution in [-0.4, -0.2) is 10.3 Å². The molecule has 2 rings (SSSR count). The molecule has 0 aromatic heterocycles. The molecule has 1 atom stereocenters. The number of fused-ring (bicyclic) bond motifs is 1. The normalized spacial score (nSPS) is 13.2. The van der Waals surface area contributed by atoms with E-state index in [0.29, 0.717) is 0 Å². The molecule has 90 valence electrons. The molecule has 0 saturated carbocycles. The number of aryl methyl sites for hydroxylation is 1.